The van der Waals surface area contributed by atoms with Crippen LogP contribution in [0.4, 0.5) is 4.79 Å². The average Bonchev–Trinajstić information content (AvgIpc) is 3.67. The topological polar surface area (TPSA) is 196 Å². The fourth-order valence-electron chi connectivity index (χ4n) is 9.23. The third kappa shape index (κ3) is 14.1. The van der Waals surface area contributed by atoms with Crippen molar-refractivity contribution in [1.82, 2.24) is 14.9 Å². The number of thiocarbonyl (C=S) groups is 1. The van der Waals surface area contributed by atoms with Crippen molar-refractivity contribution in [1.29, 1.82) is 5.26 Å². The highest BCUT2D eigenvalue weighted by atomic mass is 32.2. The second-order valence-electron chi connectivity index (χ2n) is 20.1. The number of cyclic esters (lactones) is 1. The molecule has 4 atom stereocenters. The summed E-state index contributed by atoms with van der Waals surface area (Å²) in [5.41, 5.74) is -0.663. The summed E-state index contributed by atoms with van der Waals surface area (Å²) < 4.78 is 23.5. The minimum Gasteiger partial charge on any atom is -0.457 e. The number of fused-ring (bicyclic) bond motifs is 5. The number of thioether (sulfide) groups is 2. The lowest BCUT2D eigenvalue weighted by Gasteiger charge is -2.36. The van der Waals surface area contributed by atoms with E-state index in [-0.39, 0.29) is 68.2 Å². The van der Waals surface area contributed by atoms with Crippen LogP contribution in [0.1, 0.15) is 174 Å². The zero-order chi connectivity index (χ0) is 51.4. The highest BCUT2D eigenvalue weighted by molar-refractivity contribution is 8.47. The van der Waals surface area contributed by atoms with Crippen LogP contribution in [0.3, 0.4) is 0 Å². The first-order valence-electron chi connectivity index (χ1n) is 24.9. The molecule has 0 bridgehead atoms. The zero-order valence-corrected chi connectivity index (χ0v) is 45.0. The summed E-state index contributed by atoms with van der Waals surface area (Å²) in [5, 5.41) is 24.2. The lowest BCUT2D eigenvalue weighted by atomic mass is 9.78. The lowest BCUT2D eigenvalue weighted by Crippen LogP contribution is -2.48. The molecule has 0 fully saturated rings. The number of rotatable bonds is 24. The van der Waals surface area contributed by atoms with Gasteiger partial charge >= 0.3 is 18.1 Å². The Kier molecular flexibility index (Phi) is 20.0. The predicted octanol–water partition coefficient (Wildman–Crippen LogP) is 11.1. The van der Waals surface area contributed by atoms with Gasteiger partial charge in [-0.2, -0.15) is 5.26 Å². The monoisotopic (exact) mass is 1020 g/mol. The van der Waals surface area contributed by atoms with Crippen molar-refractivity contribution < 1.29 is 43.2 Å². The van der Waals surface area contributed by atoms with Gasteiger partial charge in [-0.1, -0.05) is 103 Å². The molecule has 3 aromatic rings. The van der Waals surface area contributed by atoms with E-state index in [1.165, 1.54) is 74.9 Å². The third-order valence-electron chi connectivity index (χ3n) is 12.9. The molecule has 1 amide bonds. The first-order chi connectivity index (χ1) is 33.1. The van der Waals surface area contributed by atoms with Gasteiger partial charge in [0, 0.05) is 29.5 Å². The maximum atomic E-state index is 14.4. The third-order valence-corrected chi connectivity index (χ3v) is 15.8. The number of benzene rings is 1. The van der Waals surface area contributed by atoms with Gasteiger partial charge in [-0.15, -0.1) is 11.8 Å². The van der Waals surface area contributed by atoms with E-state index in [1.54, 1.807) is 77.3 Å². The molecule has 17 heteroatoms. The minimum absolute atomic E-state index is 0.0121. The summed E-state index contributed by atoms with van der Waals surface area (Å²) in [6.07, 6.45) is 10.8. The minimum atomic E-state index is -1.97. The van der Waals surface area contributed by atoms with Crippen molar-refractivity contribution in [3.8, 4) is 23.2 Å². The molecule has 2 N–H and O–H groups in total. The van der Waals surface area contributed by atoms with Gasteiger partial charge in [0.05, 0.1) is 51.3 Å². The van der Waals surface area contributed by atoms with E-state index < -0.39 is 51.1 Å². The van der Waals surface area contributed by atoms with Crippen LogP contribution in [-0.2, 0) is 53.8 Å². The maximum absolute atomic E-state index is 14.4. The molecule has 382 valence electrons. The SMILES string of the molecule is CCCCCCCCCCCCSC(=S)SC(C)(CC(C)(C#N)CCC(=O)O[C@]1(CC)C(=O)OCc2c1cc1n(c2=O)Cc2c-1nc1ccc(OC(=O)OC(C)(C)C)cc1c2CC)C(=O)NCC(C)O. The molecule has 5 rings (SSSR count). The van der Waals surface area contributed by atoms with Gasteiger partial charge in [0.15, 0.2) is 0 Å². The highest BCUT2D eigenvalue weighted by Gasteiger charge is 2.51. The van der Waals surface area contributed by atoms with E-state index in [0.717, 1.165) is 35.1 Å². The smallest absolute Gasteiger partial charge is 0.457 e. The number of hydrogen-bond donors (Lipinski definition) is 2. The Morgan fingerprint density at radius 2 is 1.67 bits per heavy atom. The van der Waals surface area contributed by atoms with Crippen LogP contribution in [0, 0.1) is 16.7 Å². The largest absolute Gasteiger partial charge is 0.514 e. The molecule has 0 saturated carbocycles. The molecule has 4 heterocycles. The number of nitrogens with one attached hydrogen (secondary N) is 1. The van der Waals surface area contributed by atoms with Crippen molar-refractivity contribution in [2.45, 2.75) is 194 Å². The number of nitrogens with zero attached hydrogens (tertiary/aromatic N) is 3. The Morgan fingerprint density at radius 1 is 1.00 bits per heavy atom. The number of aryl methyl sites for hydroxylation is 1. The van der Waals surface area contributed by atoms with E-state index >= 15 is 0 Å². The molecule has 3 unspecified atom stereocenters. The van der Waals surface area contributed by atoms with Gasteiger partial charge in [0.1, 0.15) is 21.5 Å². The molecule has 0 radical (unpaired) electrons. The number of hydrogen-bond acceptors (Lipinski definition) is 15. The van der Waals surface area contributed by atoms with E-state index in [2.05, 4.69) is 18.3 Å². The Bertz CT molecular complexity index is 2510. The van der Waals surface area contributed by atoms with E-state index in [1.807, 2.05) is 6.92 Å². The number of aliphatic hydroxyl groups is 1. The normalized spacial score (nSPS) is 17.2. The molecule has 2 aromatic heterocycles. The summed E-state index contributed by atoms with van der Waals surface area (Å²) >= 11 is 8.53. The van der Waals surface area contributed by atoms with E-state index in [4.69, 9.17) is 36.1 Å². The predicted molar refractivity (Wildman–Crippen MR) is 280 cm³/mol. The summed E-state index contributed by atoms with van der Waals surface area (Å²) in [6.45, 7) is 16.0. The molecule has 0 aliphatic carbocycles. The number of amides is 1. The highest BCUT2D eigenvalue weighted by Crippen LogP contribution is 2.45. The molecule has 0 saturated heterocycles. The van der Waals surface area contributed by atoms with Crippen LogP contribution >= 0.6 is 35.7 Å². The number of nitriles is 1. The Balaban J connectivity index is 1.32. The van der Waals surface area contributed by atoms with Crippen molar-refractivity contribution in [2.75, 3.05) is 12.3 Å². The van der Waals surface area contributed by atoms with Crippen molar-refractivity contribution in [3.63, 3.8) is 0 Å². The standard InChI is InChI=1S/C53H72N4O10S3/c1-10-13-14-15-16-17-18-19-20-21-26-69-49(68)70-52(9,46(61)55-29-34(4)58)32-51(8,33-54)25-24-43(59)66-53(12-3)40-28-42-44-38(30-57(42)45(60)39(40)31-64-47(53)62)36(11-2)37-27-35(22-23-41(37)56-44)65-48(63)67-50(5,6)7/h22-23,27-28,34,58H,10-21,24-26,29-32H2,1-9H3,(H,55,61)/t34?,51?,52?,53-/m0/s1. The summed E-state index contributed by atoms with van der Waals surface area (Å²) in [4.78, 5) is 73.6. The second kappa shape index (κ2) is 24.8. The van der Waals surface area contributed by atoms with Crippen molar-refractivity contribution in [2.24, 2.45) is 5.41 Å². The van der Waals surface area contributed by atoms with Crippen LogP contribution in [0.5, 0.6) is 5.75 Å². The van der Waals surface area contributed by atoms with E-state index in [0.29, 0.717) is 26.9 Å². The number of unbranched alkanes of at least 4 members (excludes halogenated alkanes) is 9. The summed E-state index contributed by atoms with van der Waals surface area (Å²) in [5.74, 6) is -0.902. The van der Waals surface area contributed by atoms with Gasteiger partial charge in [0.25, 0.3) is 5.56 Å². The quantitative estimate of drug-likeness (QED) is 0.0221. The van der Waals surface area contributed by atoms with Gasteiger partial charge in [-0.3, -0.25) is 14.4 Å². The number of aromatic nitrogens is 2. The fourth-order valence-corrected chi connectivity index (χ4v) is 12.5. The van der Waals surface area contributed by atoms with Crippen molar-refractivity contribution >= 4 is 74.2 Å². The van der Waals surface area contributed by atoms with Gasteiger partial charge in [-0.25, -0.2) is 14.6 Å². The Labute approximate surface area is 427 Å². The lowest BCUT2D eigenvalue weighted by molar-refractivity contribution is -0.189. The van der Waals surface area contributed by atoms with Crippen LogP contribution in [0.2, 0.25) is 0 Å². The molecule has 2 aliphatic rings. The summed E-state index contributed by atoms with van der Waals surface area (Å²) in [6, 6.07) is 9.12. The van der Waals surface area contributed by atoms with Gasteiger partial charge in [-0.05, 0) is 109 Å². The molecule has 70 heavy (non-hydrogen) atoms. The molecule has 0 spiro atoms. The van der Waals surface area contributed by atoms with E-state index in [9.17, 15) is 34.3 Å². The second-order valence-corrected chi connectivity index (χ2v) is 23.9. The first-order valence-corrected chi connectivity index (χ1v) is 27.1. The number of ether oxygens (including phenoxy) is 4. The van der Waals surface area contributed by atoms with Gasteiger partial charge in [0.2, 0.25) is 11.5 Å². The number of pyridine rings is 2. The summed E-state index contributed by atoms with van der Waals surface area (Å²) in [7, 11) is 0. The number of esters is 2. The number of aliphatic hydroxyl groups excluding tert-OH is 1. The number of carbonyl (C=O) groups is 4. The Morgan fingerprint density at radius 3 is 2.29 bits per heavy atom. The molecule has 2 aliphatic heterocycles. The fraction of sp³-hybridized carbons (Fsp3) is 0.623. The molecule has 1 aromatic carbocycles. The Hall–Kier alpha value is -4.50. The van der Waals surface area contributed by atoms with Crippen molar-refractivity contribution in [3.05, 3.63) is 56.9 Å². The number of carbonyl (C=O) groups excluding carboxylic acids is 4. The molecular weight excluding hydrogens is 949 g/mol. The van der Waals surface area contributed by atoms with Crippen LogP contribution in [-0.4, -0.2) is 70.9 Å². The maximum Gasteiger partial charge on any atom is 0.514 e. The molecule has 14 nitrogen and oxygen atoms in total. The van der Waals surface area contributed by atoms with Crippen LogP contribution < -0.4 is 15.6 Å². The zero-order valence-electron chi connectivity index (χ0n) is 42.5. The molecular formula is C53H72N4O10S3. The van der Waals surface area contributed by atoms with Crippen LogP contribution in [0.15, 0.2) is 29.1 Å². The van der Waals surface area contributed by atoms with Crippen LogP contribution in [0.25, 0.3) is 22.3 Å². The van der Waals surface area contributed by atoms with Gasteiger partial charge < -0.3 is 33.9 Å². The average molecular weight is 1020 g/mol. The first kappa shape index (κ1) is 56.4.